The number of hydrazone groups is 1. The van der Waals surface area contributed by atoms with Crippen molar-refractivity contribution >= 4 is 55.7 Å². The van der Waals surface area contributed by atoms with Crippen LogP contribution in [0.3, 0.4) is 0 Å². The first-order valence-corrected chi connectivity index (χ1v) is 13.3. The topological polar surface area (TPSA) is 87.3 Å². The predicted molar refractivity (Wildman–Crippen MR) is 151 cm³/mol. The number of carbonyl (C=O) groups is 1. The van der Waals surface area contributed by atoms with Crippen molar-refractivity contribution in [1.82, 2.24) is 5.01 Å². The lowest BCUT2D eigenvalue weighted by molar-refractivity contribution is -0.114. The third kappa shape index (κ3) is 5.27. The molecule has 0 fully saturated rings. The maximum absolute atomic E-state index is 14.1. The maximum atomic E-state index is 14.1. The quantitative estimate of drug-likeness (QED) is 0.315. The van der Waals surface area contributed by atoms with Crippen LogP contribution in [-0.4, -0.2) is 33.6 Å². The van der Waals surface area contributed by atoms with Crippen LogP contribution in [0.5, 0.6) is 11.5 Å². The summed E-state index contributed by atoms with van der Waals surface area (Å²) in [5, 5.41) is 15.6. The molecule has 0 atom stereocenters. The molecule has 0 saturated carbocycles. The van der Waals surface area contributed by atoms with Gasteiger partial charge in [0.05, 0.1) is 16.7 Å². The molecule has 0 aliphatic carbocycles. The number of aryl methyl sites for hydroxylation is 1. The summed E-state index contributed by atoms with van der Waals surface area (Å²) < 4.78 is 26.3. The Kier molecular flexibility index (Phi) is 7.44. The summed E-state index contributed by atoms with van der Waals surface area (Å²) in [6.07, 6.45) is 1.57. The third-order valence-electron chi connectivity index (χ3n) is 5.73. The first-order chi connectivity index (χ1) is 18.3. The number of carbonyl (C=O) groups excluding carboxylic acids is 1. The average Bonchev–Trinajstić information content (AvgIpc) is 3.32. The molecule has 10 heteroatoms. The number of thioether (sulfide) groups is 1. The van der Waals surface area contributed by atoms with Gasteiger partial charge >= 0.3 is 0 Å². The highest BCUT2D eigenvalue weighted by Crippen LogP contribution is 2.39. The van der Waals surface area contributed by atoms with E-state index in [-0.39, 0.29) is 23.8 Å². The van der Waals surface area contributed by atoms with Gasteiger partial charge in [0, 0.05) is 11.1 Å². The number of nitrogens with one attached hydrogen (secondary N) is 1. The summed E-state index contributed by atoms with van der Waals surface area (Å²) in [5.74, 6) is -0.122. The molecule has 3 aromatic carbocycles. The van der Waals surface area contributed by atoms with Gasteiger partial charge in [0.1, 0.15) is 17.5 Å². The van der Waals surface area contributed by atoms with E-state index in [1.54, 1.807) is 36.4 Å². The fourth-order valence-corrected chi connectivity index (χ4v) is 5.28. The molecule has 0 aromatic heterocycles. The SMILES string of the molecule is CCOc1cc(/C=C2/C(=N)N3N=C(c4ccc(C)cc4)SC3=NC2=O)cc(Br)c1OCc1ccccc1F. The number of ether oxygens (including phenoxy) is 2. The molecule has 3 aromatic rings. The van der Waals surface area contributed by atoms with Crippen LogP contribution in [0.25, 0.3) is 6.08 Å². The fraction of sp³-hybridized carbons (Fsp3) is 0.143. The van der Waals surface area contributed by atoms with Gasteiger partial charge in [0.2, 0.25) is 5.17 Å². The Morgan fingerprint density at radius 2 is 1.89 bits per heavy atom. The summed E-state index contributed by atoms with van der Waals surface area (Å²) in [5.41, 5.74) is 3.12. The Morgan fingerprint density at radius 3 is 2.63 bits per heavy atom. The molecule has 2 heterocycles. The Labute approximate surface area is 231 Å². The number of amidine groups is 2. The van der Waals surface area contributed by atoms with Crippen molar-refractivity contribution in [2.75, 3.05) is 6.61 Å². The molecule has 5 rings (SSSR count). The van der Waals surface area contributed by atoms with Crippen LogP contribution in [0.15, 0.2) is 80.8 Å². The van der Waals surface area contributed by atoms with E-state index in [2.05, 4.69) is 26.0 Å². The second kappa shape index (κ2) is 10.9. The molecular formula is C28H22BrFN4O3S. The first kappa shape index (κ1) is 25.9. The van der Waals surface area contributed by atoms with Crippen molar-refractivity contribution in [3.8, 4) is 11.5 Å². The van der Waals surface area contributed by atoms with E-state index in [0.29, 0.717) is 43.9 Å². The Morgan fingerprint density at radius 1 is 1.13 bits per heavy atom. The normalized spacial score (nSPS) is 15.9. The van der Waals surface area contributed by atoms with E-state index in [4.69, 9.17) is 14.9 Å². The van der Waals surface area contributed by atoms with Crippen LogP contribution < -0.4 is 9.47 Å². The third-order valence-corrected chi connectivity index (χ3v) is 7.27. The molecule has 0 radical (unpaired) electrons. The maximum Gasteiger partial charge on any atom is 0.283 e. The molecular weight excluding hydrogens is 571 g/mol. The molecule has 1 N–H and O–H groups in total. The number of fused-ring (bicyclic) bond motifs is 1. The lowest BCUT2D eigenvalue weighted by atomic mass is 10.1. The monoisotopic (exact) mass is 592 g/mol. The van der Waals surface area contributed by atoms with Crippen LogP contribution in [0.1, 0.15) is 29.2 Å². The molecule has 0 unspecified atom stereocenters. The number of amides is 1. The van der Waals surface area contributed by atoms with Crippen LogP contribution in [0.4, 0.5) is 4.39 Å². The summed E-state index contributed by atoms with van der Waals surface area (Å²) in [4.78, 5) is 17.1. The molecule has 38 heavy (non-hydrogen) atoms. The van der Waals surface area contributed by atoms with Gasteiger partial charge in [-0.3, -0.25) is 10.2 Å². The van der Waals surface area contributed by atoms with Gasteiger partial charge in [0.15, 0.2) is 17.3 Å². The zero-order valence-corrected chi connectivity index (χ0v) is 22.9. The van der Waals surface area contributed by atoms with Crippen molar-refractivity contribution in [1.29, 1.82) is 5.41 Å². The number of hydrogen-bond acceptors (Lipinski definition) is 6. The summed E-state index contributed by atoms with van der Waals surface area (Å²) >= 11 is 4.76. The highest BCUT2D eigenvalue weighted by molar-refractivity contribution is 9.10. The van der Waals surface area contributed by atoms with Crippen molar-refractivity contribution < 1.29 is 18.7 Å². The highest BCUT2D eigenvalue weighted by Gasteiger charge is 2.36. The average molecular weight is 593 g/mol. The second-order valence-corrected chi connectivity index (χ2v) is 10.2. The minimum Gasteiger partial charge on any atom is -0.490 e. The smallest absolute Gasteiger partial charge is 0.283 e. The fourth-order valence-electron chi connectivity index (χ4n) is 3.81. The molecule has 2 aliphatic heterocycles. The minimum atomic E-state index is -0.525. The van der Waals surface area contributed by atoms with Crippen LogP contribution in [-0.2, 0) is 11.4 Å². The zero-order chi connectivity index (χ0) is 26.8. The molecule has 1 amide bonds. The van der Waals surface area contributed by atoms with Crippen molar-refractivity contribution in [2.24, 2.45) is 10.1 Å². The number of hydrogen-bond donors (Lipinski definition) is 1. The lowest BCUT2D eigenvalue weighted by Gasteiger charge is -2.20. The Bertz CT molecular complexity index is 1540. The van der Waals surface area contributed by atoms with E-state index in [9.17, 15) is 9.18 Å². The van der Waals surface area contributed by atoms with Gasteiger partial charge in [-0.15, -0.1) is 0 Å². The largest absolute Gasteiger partial charge is 0.490 e. The van der Waals surface area contributed by atoms with E-state index in [0.717, 1.165) is 11.1 Å². The number of halogens is 2. The summed E-state index contributed by atoms with van der Waals surface area (Å²) in [6.45, 7) is 4.22. The van der Waals surface area contributed by atoms with Gasteiger partial charge in [-0.1, -0.05) is 48.0 Å². The molecule has 7 nitrogen and oxygen atoms in total. The van der Waals surface area contributed by atoms with Crippen molar-refractivity contribution in [3.63, 3.8) is 0 Å². The van der Waals surface area contributed by atoms with Gasteiger partial charge in [-0.25, -0.2) is 4.39 Å². The minimum absolute atomic E-state index is 0.0142. The Balaban J connectivity index is 1.43. The van der Waals surface area contributed by atoms with Gasteiger partial charge in [-0.05, 0) is 71.4 Å². The van der Waals surface area contributed by atoms with Gasteiger partial charge in [-0.2, -0.15) is 15.1 Å². The molecule has 0 bridgehead atoms. The number of aliphatic imine (C=N–C) groups is 1. The van der Waals surface area contributed by atoms with Crippen molar-refractivity contribution in [2.45, 2.75) is 20.5 Å². The van der Waals surface area contributed by atoms with E-state index in [1.165, 1.54) is 22.8 Å². The van der Waals surface area contributed by atoms with Crippen LogP contribution >= 0.6 is 27.7 Å². The first-order valence-electron chi connectivity index (χ1n) is 11.7. The van der Waals surface area contributed by atoms with E-state index in [1.807, 2.05) is 38.1 Å². The molecule has 2 aliphatic rings. The molecule has 0 saturated heterocycles. The van der Waals surface area contributed by atoms with Crippen LogP contribution in [0, 0.1) is 18.2 Å². The predicted octanol–water partition coefficient (Wildman–Crippen LogP) is 6.54. The highest BCUT2D eigenvalue weighted by atomic mass is 79.9. The van der Waals surface area contributed by atoms with Gasteiger partial charge in [0.25, 0.3) is 5.91 Å². The second-order valence-electron chi connectivity index (χ2n) is 8.43. The standard InChI is InChI=1S/C28H22BrFN4O3S/c1-3-36-23-14-17(13-21(29)24(23)37-15-19-6-4-5-7-22(19)30)12-20-25(31)34-28(32-26(20)35)38-27(33-34)18-10-8-16(2)9-11-18/h4-14,31H,3,15H2,1-2H3/b20-12-,31-25?. The van der Waals surface area contributed by atoms with Gasteiger partial charge < -0.3 is 9.47 Å². The summed E-state index contributed by atoms with van der Waals surface area (Å²) in [6, 6.07) is 17.7. The lowest BCUT2D eigenvalue weighted by Crippen LogP contribution is -2.35. The molecule has 0 spiro atoms. The van der Waals surface area contributed by atoms with Crippen LogP contribution in [0.2, 0.25) is 0 Å². The zero-order valence-electron chi connectivity index (χ0n) is 20.5. The van der Waals surface area contributed by atoms with Crippen molar-refractivity contribution in [3.05, 3.63) is 98.8 Å². The van der Waals surface area contributed by atoms with E-state index >= 15 is 0 Å². The Hall–Kier alpha value is -3.76. The summed E-state index contributed by atoms with van der Waals surface area (Å²) in [7, 11) is 0. The number of nitrogens with zero attached hydrogens (tertiary/aromatic N) is 3. The van der Waals surface area contributed by atoms with E-state index < -0.39 is 5.91 Å². The number of rotatable bonds is 7. The number of benzene rings is 3. The molecule has 192 valence electrons.